The van der Waals surface area contributed by atoms with Crippen molar-refractivity contribution in [2.75, 3.05) is 26.9 Å². The summed E-state index contributed by atoms with van der Waals surface area (Å²) in [5.41, 5.74) is 5.36. The van der Waals surface area contributed by atoms with Gasteiger partial charge in [-0.25, -0.2) is 0 Å². The van der Waals surface area contributed by atoms with Gasteiger partial charge in [0.1, 0.15) is 6.61 Å². The molecular formula is C32H35Cl2NO5. The van der Waals surface area contributed by atoms with Gasteiger partial charge in [-0.15, -0.1) is 0 Å². The maximum absolute atomic E-state index is 13.5. The average Bonchev–Trinajstić information content (AvgIpc) is 2.94. The van der Waals surface area contributed by atoms with Crippen LogP contribution in [0.5, 0.6) is 11.5 Å². The molecule has 1 heterocycles. The van der Waals surface area contributed by atoms with Crippen molar-refractivity contribution in [3.63, 3.8) is 0 Å². The number of hydrogen-bond donors (Lipinski definition) is 0. The summed E-state index contributed by atoms with van der Waals surface area (Å²) in [6.45, 7) is 3.98. The van der Waals surface area contributed by atoms with E-state index in [9.17, 15) is 9.59 Å². The molecule has 0 fully saturated rings. The van der Waals surface area contributed by atoms with Crippen molar-refractivity contribution < 1.29 is 23.8 Å². The standard InChI is InChI=1S/C32H35Cl2NO5/c1-3-39-29-17-20(12-14-28(29)40-19-21-11-13-22(33)18-23(21)34)30-31-24(7-4-9-26(31)36)35(15-6-16-38-2)25-8-5-10-27(37)32(25)30/h11-14,17-18,30H,3-10,15-16,19H2,1-2H3. The van der Waals surface area contributed by atoms with Crippen LogP contribution in [-0.2, 0) is 20.9 Å². The number of allylic oxidation sites excluding steroid dienone is 4. The number of ether oxygens (including phenoxy) is 3. The lowest BCUT2D eigenvalue weighted by molar-refractivity contribution is -0.117. The highest BCUT2D eigenvalue weighted by Gasteiger charge is 2.43. The number of carbonyl (C=O) groups is 2. The second-order valence-corrected chi connectivity index (χ2v) is 11.2. The maximum atomic E-state index is 13.5. The van der Waals surface area contributed by atoms with Crippen molar-refractivity contribution in [2.45, 2.75) is 64.4 Å². The molecule has 0 N–H and O–H groups in total. The summed E-state index contributed by atoms with van der Waals surface area (Å²) in [5, 5.41) is 1.10. The van der Waals surface area contributed by atoms with Crippen LogP contribution in [0.3, 0.4) is 0 Å². The predicted molar refractivity (Wildman–Crippen MR) is 156 cm³/mol. The third-order valence-electron chi connectivity index (χ3n) is 7.82. The Morgan fingerprint density at radius 1 is 0.875 bits per heavy atom. The minimum absolute atomic E-state index is 0.128. The first-order chi connectivity index (χ1) is 19.4. The molecule has 0 atom stereocenters. The Hall–Kier alpha value is -2.80. The van der Waals surface area contributed by atoms with Crippen molar-refractivity contribution in [1.82, 2.24) is 4.90 Å². The summed E-state index contributed by atoms with van der Waals surface area (Å²) in [4.78, 5) is 29.4. The van der Waals surface area contributed by atoms with Crippen LogP contribution >= 0.6 is 23.2 Å². The molecule has 0 saturated carbocycles. The lowest BCUT2D eigenvalue weighted by Gasteiger charge is -2.44. The van der Waals surface area contributed by atoms with Crippen molar-refractivity contribution >= 4 is 34.8 Å². The Balaban J connectivity index is 1.54. The monoisotopic (exact) mass is 583 g/mol. The normalized spacial score (nSPS) is 17.8. The highest BCUT2D eigenvalue weighted by molar-refractivity contribution is 6.35. The Morgan fingerprint density at radius 3 is 2.20 bits per heavy atom. The van der Waals surface area contributed by atoms with Gasteiger partial charge >= 0.3 is 0 Å². The van der Waals surface area contributed by atoms with Crippen molar-refractivity contribution in [1.29, 1.82) is 0 Å². The van der Waals surface area contributed by atoms with Crippen LogP contribution in [0.25, 0.3) is 0 Å². The number of hydrogen-bond acceptors (Lipinski definition) is 6. The number of benzene rings is 2. The number of ketones is 2. The van der Waals surface area contributed by atoms with E-state index in [1.165, 1.54) is 0 Å². The van der Waals surface area contributed by atoms with Crippen LogP contribution in [0.2, 0.25) is 10.0 Å². The van der Waals surface area contributed by atoms with Crippen LogP contribution in [0.4, 0.5) is 0 Å². The summed E-state index contributed by atoms with van der Waals surface area (Å²) in [5.74, 6) is 1.00. The van der Waals surface area contributed by atoms with Crippen LogP contribution in [0.1, 0.15) is 68.9 Å². The molecule has 0 bridgehead atoms. The molecule has 0 aromatic heterocycles. The van der Waals surface area contributed by atoms with Gasteiger partial charge in [0.05, 0.1) is 6.61 Å². The van der Waals surface area contributed by atoms with Gasteiger partial charge in [-0.05, 0) is 68.9 Å². The zero-order valence-corrected chi connectivity index (χ0v) is 24.6. The van der Waals surface area contributed by atoms with Gasteiger partial charge in [-0.3, -0.25) is 9.59 Å². The van der Waals surface area contributed by atoms with Crippen LogP contribution < -0.4 is 9.47 Å². The summed E-state index contributed by atoms with van der Waals surface area (Å²) in [7, 11) is 1.70. The Bertz CT molecular complexity index is 1320. The third kappa shape index (κ3) is 5.81. The Kier molecular flexibility index (Phi) is 9.19. The highest BCUT2D eigenvalue weighted by atomic mass is 35.5. The molecule has 0 saturated heterocycles. The number of carbonyl (C=O) groups excluding carboxylic acids is 2. The lowest BCUT2D eigenvalue weighted by atomic mass is 9.71. The van der Waals surface area contributed by atoms with E-state index in [-0.39, 0.29) is 18.2 Å². The fraction of sp³-hybridized carbons (Fsp3) is 0.438. The van der Waals surface area contributed by atoms with Gasteiger partial charge in [0.15, 0.2) is 23.1 Å². The van der Waals surface area contributed by atoms with E-state index in [0.717, 1.165) is 72.3 Å². The topological polar surface area (TPSA) is 65.1 Å². The smallest absolute Gasteiger partial charge is 0.161 e. The number of nitrogens with zero attached hydrogens (tertiary/aromatic N) is 1. The van der Waals surface area contributed by atoms with Crippen LogP contribution in [0.15, 0.2) is 58.9 Å². The van der Waals surface area contributed by atoms with Gasteiger partial charge in [-0.2, -0.15) is 0 Å². The molecule has 6 nitrogen and oxygen atoms in total. The molecular weight excluding hydrogens is 549 g/mol. The van der Waals surface area contributed by atoms with Crippen molar-refractivity contribution in [3.8, 4) is 11.5 Å². The summed E-state index contributed by atoms with van der Waals surface area (Å²) in [6.07, 6.45) is 5.14. The van der Waals surface area contributed by atoms with Crippen molar-refractivity contribution in [2.24, 2.45) is 0 Å². The van der Waals surface area contributed by atoms with E-state index in [1.54, 1.807) is 19.2 Å². The van der Waals surface area contributed by atoms with E-state index in [2.05, 4.69) is 4.90 Å². The molecule has 0 radical (unpaired) electrons. The molecule has 3 aliphatic rings. The largest absolute Gasteiger partial charge is 0.490 e. The van der Waals surface area contributed by atoms with E-state index in [1.807, 2.05) is 31.2 Å². The van der Waals surface area contributed by atoms with Gasteiger partial charge in [-0.1, -0.05) is 35.3 Å². The number of Topliss-reactive ketones (excluding diaryl/α,β-unsaturated/α-hetero) is 2. The fourth-order valence-electron chi connectivity index (χ4n) is 6.07. The summed E-state index contributed by atoms with van der Waals surface area (Å²) < 4.78 is 17.5. The quantitative estimate of drug-likeness (QED) is 0.271. The first-order valence-electron chi connectivity index (χ1n) is 14.0. The number of rotatable bonds is 10. The number of methoxy groups -OCH3 is 1. The Labute approximate surface area is 245 Å². The van der Waals surface area contributed by atoms with Crippen molar-refractivity contribution in [3.05, 3.63) is 80.1 Å². The summed E-state index contributed by atoms with van der Waals surface area (Å²) >= 11 is 12.4. The molecule has 0 unspecified atom stereocenters. The minimum atomic E-state index is -0.400. The second kappa shape index (κ2) is 12.8. The van der Waals surface area contributed by atoms with E-state index >= 15 is 0 Å². The zero-order chi connectivity index (χ0) is 28.2. The van der Waals surface area contributed by atoms with Gasteiger partial charge in [0.2, 0.25) is 0 Å². The minimum Gasteiger partial charge on any atom is -0.490 e. The first-order valence-corrected chi connectivity index (χ1v) is 14.8. The van der Waals surface area contributed by atoms with Gasteiger partial charge in [0.25, 0.3) is 0 Å². The molecule has 1 aliphatic heterocycles. The van der Waals surface area contributed by atoms with Gasteiger partial charge in [0, 0.05) is 77.2 Å². The molecule has 212 valence electrons. The highest BCUT2D eigenvalue weighted by Crippen LogP contribution is 2.50. The molecule has 0 spiro atoms. The fourth-order valence-corrected chi connectivity index (χ4v) is 6.54. The molecule has 2 aromatic rings. The molecule has 40 heavy (non-hydrogen) atoms. The van der Waals surface area contributed by atoms with E-state index in [0.29, 0.717) is 47.6 Å². The van der Waals surface area contributed by atoms with E-state index < -0.39 is 5.92 Å². The molecule has 0 amide bonds. The average molecular weight is 585 g/mol. The SMILES string of the molecule is CCOc1cc(C2C3=C(CCCC3=O)N(CCCOC)C3=C2C(=O)CCC3)ccc1OCc1ccc(Cl)cc1Cl. The second-order valence-electron chi connectivity index (χ2n) is 10.4. The molecule has 8 heteroatoms. The zero-order valence-electron chi connectivity index (χ0n) is 23.1. The molecule has 2 aromatic carbocycles. The Morgan fingerprint density at radius 2 is 1.57 bits per heavy atom. The van der Waals surface area contributed by atoms with Crippen LogP contribution in [0, 0.1) is 0 Å². The first kappa shape index (κ1) is 28.7. The summed E-state index contributed by atoms with van der Waals surface area (Å²) in [6, 6.07) is 11.1. The van der Waals surface area contributed by atoms with E-state index in [4.69, 9.17) is 37.4 Å². The molecule has 5 rings (SSSR count). The molecule has 2 aliphatic carbocycles. The number of halogens is 2. The predicted octanol–water partition coefficient (Wildman–Crippen LogP) is 7.42. The third-order valence-corrected chi connectivity index (χ3v) is 8.40. The van der Waals surface area contributed by atoms with Gasteiger partial charge < -0.3 is 19.1 Å². The van der Waals surface area contributed by atoms with Crippen LogP contribution in [-0.4, -0.2) is 43.3 Å². The maximum Gasteiger partial charge on any atom is 0.161 e. The lowest BCUT2D eigenvalue weighted by Crippen LogP contribution is -2.39.